The molecule has 2 atom stereocenters. The summed E-state index contributed by atoms with van der Waals surface area (Å²) >= 11 is 1.66. The number of methoxy groups -OCH3 is 1. The van der Waals surface area contributed by atoms with Crippen LogP contribution in [0, 0.1) is 12.8 Å². The van der Waals surface area contributed by atoms with Crippen molar-refractivity contribution in [1.29, 1.82) is 0 Å². The van der Waals surface area contributed by atoms with Gasteiger partial charge in [-0.1, -0.05) is 0 Å². The average Bonchev–Trinajstić information content (AvgIpc) is 2.76. The zero-order chi connectivity index (χ0) is 16.2. The molecule has 1 aromatic rings. The van der Waals surface area contributed by atoms with Crippen molar-refractivity contribution >= 4 is 17.2 Å². The van der Waals surface area contributed by atoms with Gasteiger partial charge in [0.15, 0.2) is 0 Å². The third-order valence-electron chi connectivity index (χ3n) is 5.17. The summed E-state index contributed by atoms with van der Waals surface area (Å²) in [7, 11) is 1.76. The van der Waals surface area contributed by atoms with E-state index < -0.39 is 0 Å². The van der Waals surface area contributed by atoms with Crippen LogP contribution in [-0.4, -0.2) is 66.6 Å². The molecule has 3 fully saturated rings. The lowest BCUT2D eigenvalue weighted by molar-refractivity contribution is -0.131. The summed E-state index contributed by atoms with van der Waals surface area (Å²) in [6.07, 6.45) is 3.91. The average molecular weight is 337 g/mol. The number of thiazole rings is 1. The molecule has 6 heteroatoms. The van der Waals surface area contributed by atoms with Crippen LogP contribution in [0.2, 0.25) is 0 Å². The minimum Gasteiger partial charge on any atom is -0.383 e. The number of amides is 1. The second kappa shape index (κ2) is 7.73. The van der Waals surface area contributed by atoms with Gasteiger partial charge in [-0.3, -0.25) is 9.69 Å². The maximum atomic E-state index is 12.7. The number of fused-ring (bicyclic) bond motifs is 4. The van der Waals surface area contributed by atoms with Crippen molar-refractivity contribution < 1.29 is 9.53 Å². The molecule has 3 saturated heterocycles. The molecule has 0 aromatic carbocycles. The smallest absolute Gasteiger partial charge is 0.222 e. The van der Waals surface area contributed by atoms with Gasteiger partial charge in [-0.15, -0.1) is 11.3 Å². The van der Waals surface area contributed by atoms with Crippen LogP contribution < -0.4 is 0 Å². The molecule has 0 radical (unpaired) electrons. The number of aromatic nitrogens is 1. The van der Waals surface area contributed by atoms with Gasteiger partial charge in [0.1, 0.15) is 0 Å². The van der Waals surface area contributed by atoms with E-state index in [1.807, 2.05) is 12.4 Å². The van der Waals surface area contributed by atoms with Gasteiger partial charge in [0.2, 0.25) is 5.91 Å². The van der Waals surface area contributed by atoms with E-state index in [4.69, 9.17) is 4.74 Å². The number of hydrogen-bond donors (Lipinski definition) is 0. The molecule has 3 aliphatic rings. The molecule has 2 bridgehead atoms. The first-order valence-electron chi connectivity index (χ1n) is 8.57. The Balaban J connectivity index is 1.56. The first kappa shape index (κ1) is 16.9. The molecule has 0 unspecified atom stereocenters. The van der Waals surface area contributed by atoms with Crippen molar-refractivity contribution in [3.63, 3.8) is 0 Å². The van der Waals surface area contributed by atoms with Crippen LogP contribution in [0.5, 0.6) is 0 Å². The monoisotopic (exact) mass is 337 g/mol. The van der Waals surface area contributed by atoms with Gasteiger partial charge in [-0.25, -0.2) is 4.98 Å². The van der Waals surface area contributed by atoms with Crippen molar-refractivity contribution in [3.05, 3.63) is 16.1 Å². The molecule has 0 aliphatic carbocycles. The fourth-order valence-electron chi connectivity index (χ4n) is 3.81. The van der Waals surface area contributed by atoms with Gasteiger partial charge in [-0.05, 0) is 32.1 Å². The molecule has 0 N–H and O–H groups in total. The largest absolute Gasteiger partial charge is 0.383 e. The second-order valence-electron chi connectivity index (χ2n) is 6.74. The Hall–Kier alpha value is -0.980. The number of piperidine rings is 1. The minimum absolute atomic E-state index is 0.309. The van der Waals surface area contributed by atoms with Crippen molar-refractivity contribution in [1.82, 2.24) is 14.8 Å². The number of aryl methyl sites for hydroxylation is 2. The fraction of sp³-hybridized carbons (Fsp3) is 0.765. The van der Waals surface area contributed by atoms with Crippen LogP contribution in [0.25, 0.3) is 0 Å². The summed E-state index contributed by atoms with van der Waals surface area (Å²) in [5, 5.41) is 0. The molecule has 3 aliphatic heterocycles. The van der Waals surface area contributed by atoms with E-state index >= 15 is 0 Å². The highest BCUT2D eigenvalue weighted by Gasteiger charge is 2.35. The lowest BCUT2D eigenvalue weighted by Crippen LogP contribution is -2.45. The third-order valence-corrected chi connectivity index (χ3v) is 6.17. The predicted octanol–water partition coefficient (Wildman–Crippen LogP) is 1.95. The number of ether oxygens (including phenoxy) is 1. The second-order valence-corrected chi connectivity index (χ2v) is 7.68. The number of carbonyl (C=O) groups is 1. The normalized spacial score (nSPS) is 24.9. The Morgan fingerprint density at radius 2 is 2.26 bits per heavy atom. The van der Waals surface area contributed by atoms with Gasteiger partial charge >= 0.3 is 0 Å². The number of hydrogen-bond acceptors (Lipinski definition) is 5. The van der Waals surface area contributed by atoms with Gasteiger partial charge in [-0.2, -0.15) is 0 Å². The fourth-order valence-corrected chi connectivity index (χ4v) is 4.59. The topological polar surface area (TPSA) is 45.7 Å². The Morgan fingerprint density at radius 3 is 3.00 bits per heavy atom. The highest BCUT2D eigenvalue weighted by atomic mass is 32.1. The molecule has 23 heavy (non-hydrogen) atoms. The van der Waals surface area contributed by atoms with Crippen LogP contribution >= 0.6 is 11.3 Å². The lowest BCUT2D eigenvalue weighted by Gasteiger charge is -2.35. The first-order valence-corrected chi connectivity index (χ1v) is 9.45. The van der Waals surface area contributed by atoms with E-state index in [9.17, 15) is 4.79 Å². The van der Waals surface area contributed by atoms with Crippen LogP contribution in [0.1, 0.15) is 29.8 Å². The summed E-state index contributed by atoms with van der Waals surface area (Å²) in [5.41, 5.74) is 2.94. The quantitative estimate of drug-likeness (QED) is 0.796. The van der Waals surface area contributed by atoms with Crippen molar-refractivity contribution in [2.75, 3.05) is 39.9 Å². The minimum atomic E-state index is 0.309. The highest BCUT2D eigenvalue weighted by Crippen LogP contribution is 2.28. The zero-order valence-electron chi connectivity index (χ0n) is 14.2. The van der Waals surface area contributed by atoms with Gasteiger partial charge in [0.25, 0.3) is 0 Å². The molecule has 1 amide bonds. The lowest BCUT2D eigenvalue weighted by atomic mass is 9.95. The predicted molar refractivity (Wildman–Crippen MR) is 91.7 cm³/mol. The van der Waals surface area contributed by atoms with Crippen molar-refractivity contribution in [3.8, 4) is 0 Å². The summed E-state index contributed by atoms with van der Waals surface area (Å²) in [5.74, 6) is 0.933. The molecule has 1 aromatic heterocycles. The maximum absolute atomic E-state index is 12.7. The Kier molecular flexibility index (Phi) is 5.67. The molecular weight excluding hydrogens is 310 g/mol. The molecule has 5 nitrogen and oxygen atoms in total. The van der Waals surface area contributed by atoms with E-state index in [1.54, 1.807) is 18.4 Å². The van der Waals surface area contributed by atoms with Crippen molar-refractivity contribution in [2.45, 2.75) is 38.6 Å². The van der Waals surface area contributed by atoms with E-state index in [0.29, 0.717) is 24.3 Å². The van der Waals surface area contributed by atoms with Crippen LogP contribution in [0.15, 0.2) is 5.51 Å². The van der Waals surface area contributed by atoms with Crippen LogP contribution in [0.4, 0.5) is 0 Å². The summed E-state index contributed by atoms with van der Waals surface area (Å²) in [4.78, 5) is 22.8. The van der Waals surface area contributed by atoms with Gasteiger partial charge in [0, 0.05) is 50.6 Å². The molecule has 4 rings (SSSR count). The van der Waals surface area contributed by atoms with Crippen LogP contribution in [0.3, 0.4) is 0 Å². The Bertz CT molecular complexity index is 534. The third kappa shape index (κ3) is 4.11. The van der Waals surface area contributed by atoms with E-state index in [0.717, 1.165) is 44.9 Å². The first-order chi connectivity index (χ1) is 11.2. The maximum Gasteiger partial charge on any atom is 0.222 e. The molecule has 0 spiro atoms. The molecular formula is C17H27N3O2S. The number of rotatable bonds is 6. The van der Waals surface area contributed by atoms with E-state index in [-0.39, 0.29) is 0 Å². The van der Waals surface area contributed by atoms with E-state index in [2.05, 4.69) is 14.8 Å². The zero-order valence-corrected chi connectivity index (χ0v) is 15.0. The molecule has 128 valence electrons. The van der Waals surface area contributed by atoms with Crippen molar-refractivity contribution in [2.24, 2.45) is 5.92 Å². The number of nitrogens with zero attached hydrogens (tertiary/aromatic N) is 3. The highest BCUT2D eigenvalue weighted by molar-refractivity contribution is 7.09. The van der Waals surface area contributed by atoms with Gasteiger partial charge < -0.3 is 9.64 Å². The molecule has 0 saturated carbocycles. The summed E-state index contributed by atoms with van der Waals surface area (Å²) in [6.45, 7) is 6.73. The summed E-state index contributed by atoms with van der Waals surface area (Å²) in [6, 6.07) is 0.512. The van der Waals surface area contributed by atoms with E-state index in [1.165, 1.54) is 17.7 Å². The SMILES string of the molecule is COCCN1C[C@@H]2CC[C@H]1CN(C(=O)CCc1scnc1C)C2. The Labute approximate surface area is 142 Å². The summed E-state index contributed by atoms with van der Waals surface area (Å²) < 4.78 is 5.23. The molecule has 4 heterocycles. The number of carbonyl (C=O) groups excluding carboxylic acids is 1. The van der Waals surface area contributed by atoms with Gasteiger partial charge in [0.05, 0.1) is 17.8 Å². The Morgan fingerprint density at radius 1 is 1.39 bits per heavy atom. The standard InChI is InChI=1S/C17H27N3O2S/c1-13-16(23-12-18-13)5-6-17(21)20-10-14-3-4-15(11-20)19(9-14)7-8-22-2/h12,14-15H,3-11H2,1-2H3/t14-,15-/m0/s1. The van der Waals surface area contributed by atoms with Crippen LogP contribution in [-0.2, 0) is 16.0 Å².